The van der Waals surface area contributed by atoms with E-state index in [1.165, 1.54) is 17.2 Å². The zero-order valence-corrected chi connectivity index (χ0v) is 16.2. The van der Waals surface area contributed by atoms with Crippen LogP contribution in [0.15, 0.2) is 36.5 Å². The highest BCUT2D eigenvalue weighted by atomic mass is 35.5. The molecule has 0 atom stereocenters. The Labute approximate surface area is 163 Å². The van der Waals surface area contributed by atoms with Crippen LogP contribution in [-0.2, 0) is 4.79 Å². The van der Waals surface area contributed by atoms with E-state index in [4.69, 9.17) is 21.1 Å². The standard InChI is InChI=1S/C19H22ClN3O4/c1-4-26-15-8-7-14(10-16(15)27-5-2)22-18(24)12-23(3)19(25)13-6-9-17(20)21-11-13/h6-11H,4-5,12H2,1-3H3,(H,22,24). The van der Waals surface area contributed by atoms with Crippen LogP contribution in [0.1, 0.15) is 24.2 Å². The largest absolute Gasteiger partial charge is 0.490 e. The van der Waals surface area contributed by atoms with Gasteiger partial charge < -0.3 is 19.7 Å². The van der Waals surface area contributed by atoms with E-state index >= 15 is 0 Å². The summed E-state index contributed by atoms with van der Waals surface area (Å²) >= 11 is 5.72. The van der Waals surface area contributed by atoms with Gasteiger partial charge in [0.1, 0.15) is 5.15 Å². The Balaban J connectivity index is 2.00. The molecule has 0 radical (unpaired) electrons. The molecule has 1 aromatic carbocycles. The number of halogens is 1. The lowest BCUT2D eigenvalue weighted by Gasteiger charge is -2.17. The fourth-order valence-corrected chi connectivity index (χ4v) is 2.45. The summed E-state index contributed by atoms with van der Waals surface area (Å²) in [5.74, 6) is 0.504. The van der Waals surface area contributed by atoms with Crippen molar-refractivity contribution < 1.29 is 19.1 Å². The number of benzene rings is 1. The SMILES string of the molecule is CCOc1ccc(NC(=O)CN(C)C(=O)c2ccc(Cl)nc2)cc1OCC. The van der Waals surface area contributed by atoms with Crippen LogP contribution in [0.25, 0.3) is 0 Å². The van der Waals surface area contributed by atoms with Crippen LogP contribution in [0.3, 0.4) is 0 Å². The number of pyridine rings is 1. The van der Waals surface area contributed by atoms with Gasteiger partial charge in [0, 0.05) is 25.0 Å². The van der Waals surface area contributed by atoms with E-state index in [2.05, 4.69) is 10.3 Å². The van der Waals surface area contributed by atoms with Gasteiger partial charge in [0.05, 0.1) is 25.3 Å². The summed E-state index contributed by atoms with van der Waals surface area (Å²) in [5.41, 5.74) is 0.912. The highest BCUT2D eigenvalue weighted by Gasteiger charge is 2.16. The van der Waals surface area contributed by atoms with E-state index in [0.717, 1.165) is 0 Å². The van der Waals surface area contributed by atoms with Gasteiger partial charge in [0.2, 0.25) is 5.91 Å². The molecule has 1 N–H and O–H groups in total. The van der Waals surface area contributed by atoms with Crippen molar-refractivity contribution in [2.24, 2.45) is 0 Å². The first kappa shape index (κ1) is 20.5. The van der Waals surface area contributed by atoms with Crippen molar-refractivity contribution in [1.29, 1.82) is 0 Å². The number of nitrogens with zero attached hydrogens (tertiary/aromatic N) is 2. The van der Waals surface area contributed by atoms with Crippen molar-refractivity contribution in [3.05, 3.63) is 47.2 Å². The van der Waals surface area contributed by atoms with E-state index < -0.39 is 0 Å². The molecule has 1 heterocycles. The Morgan fingerprint density at radius 3 is 2.44 bits per heavy atom. The smallest absolute Gasteiger partial charge is 0.255 e. The van der Waals surface area contributed by atoms with Crippen LogP contribution in [0, 0.1) is 0 Å². The number of anilines is 1. The Bertz CT molecular complexity index is 796. The number of rotatable bonds is 8. The Morgan fingerprint density at radius 1 is 1.11 bits per heavy atom. The van der Waals surface area contributed by atoms with Crippen LogP contribution in [0.5, 0.6) is 11.5 Å². The first-order valence-corrected chi connectivity index (χ1v) is 8.88. The molecule has 2 rings (SSSR count). The zero-order chi connectivity index (χ0) is 19.8. The molecule has 0 saturated heterocycles. The quantitative estimate of drug-likeness (QED) is 0.698. The predicted octanol–water partition coefficient (Wildman–Crippen LogP) is 3.24. The maximum Gasteiger partial charge on any atom is 0.255 e. The highest BCUT2D eigenvalue weighted by Crippen LogP contribution is 2.30. The van der Waals surface area contributed by atoms with Crippen LogP contribution >= 0.6 is 11.6 Å². The van der Waals surface area contributed by atoms with E-state index in [9.17, 15) is 9.59 Å². The van der Waals surface area contributed by atoms with Gasteiger partial charge in [0.15, 0.2) is 11.5 Å². The summed E-state index contributed by atoms with van der Waals surface area (Å²) in [6, 6.07) is 8.23. The third kappa shape index (κ3) is 5.86. The van der Waals surface area contributed by atoms with Gasteiger partial charge in [-0.25, -0.2) is 4.98 Å². The van der Waals surface area contributed by atoms with Crippen molar-refractivity contribution in [1.82, 2.24) is 9.88 Å². The Hall–Kier alpha value is -2.80. The minimum Gasteiger partial charge on any atom is -0.490 e. The maximum absolute atomic E-state index is 12.3. The van der Waals surface area contributed by atoms with Gasteiger partial charge in [0.25, 0.3) is 5.91 Å². The summed E-state index contributed by atoms with van der Waals surface area (Å²) in [4.78, 5) is 29.8. The molecule has 1 aromatic heterocycles. The zero-order valence-electron chi connectivity index (χ0n) is 15.5. The number of carbonyl (C=O) groups excluding carboxylic acids is 2. The van der Waals surface area contributed by atoms with Crippen LogP contribution in [0.2, 0.25) is 5.15 Å². The Morgan fingerprint density at radius 2 is 1.81 bits per heavy atom. The number of amides is 2. The van der Waals surface area contributed by atoms with E-state index in [1.807, 2.05) is 13.8 Å². The second-order valence-electron chi connectivity index (χ2n) is 5.61. The molecule has 0 saturated carbocycles. The maximum atomic E-state index is 12.3. The van der Waals surface area contributed by atoms with Gasteiger partial charge in [-0.3, -0.25) is 9.59 Å². The topological polar surface area (TPSA) is 80.8 Å². The normalized spacial score (nSPS) is 10.2. The van der Waals surface area contributed by atoms with E-state index in [1.54, 1.807) is 31.3 Å². The third-order valence-corrected chi connectivity index (χ3v) is 3.75. The van der Waals surface area contributed by atoms with Crippen molar-refractivity contribution in [3.8, 4) is 11.5 Å². The second-order valence-corrected chi connectivity index (χ2v) is 5.99. The molecule has 0 fully saturated rings. The molecule has 8 heteroatoms. The number of carbonyl (C=O) groups is 2. The fourth-order valence-electron chi connectivity index (χ4n) is 2.34. The second kappa shape index (κ2) is 9.78. The van der Waals surface area contributed by atoms with Gasteiger partial charge in [-0.2, -0.15) is 0 Å². The molecule has 2 amide bonds. The molecule has 0 aliphatic carbocycles. The fraction of sp³-hybridized carbons (Fsp3) is 0.316. The van der Waals surface area contributed by atoms with Crippen LogP contribution < -0.4 is 14.8 Å². The van der Waals surface area contributed by atoms with Crippen molar-refractivity contribution >= 4 is 29.1 Å². The summed E-state index contributed by atoms with van der Waals surface area (Å²) in [5, 5.41) is 3.05. The summed E-state index contributed by atoms with van der Waals surface area (Å²) < 4.78 is 11.0. The molecule has 7 nitrogen and oxygen atoms in total. The summed E-state index contributed by atoms with van der Waals surface area (Å²) in [6.07, 6.45) is 1.37. The third-order valence-electron chi connectivity index (χ3n) is 3.53. The molecule has 27 heavy (non-hydrogen) atoms. The first-order chi connectivity index (χ1) is 12.9. The van der Waals surface area contributed by atoms with Crippen LogP contribution in [0.4, 0.5) is 5.69 Å². The number of aromatic nitrogens is 1. The minimum atomic E-state index is -0.334. The van der Waals surface area contributed by atoms with Gasteiger partial charge in [-0.05, 0) is 38.1 Å². The van der Waals surface area contributed by atoms with E-state index in [0.29, 0.717) is 41.1 Å². The molecule has 0 aliphatic heterocycles. The molecule has 2 aromatic rings. The number of hydrogen-bond acceptors (Lipinski definition) is 5. The average molecular weight is 392 g/mol. The summed E-state index contributed by atoms with van der Waals surface area (Å²) in [6.45, 7) is 4.63. The number of likely N-dealkylation sites (N-methyl/N-ethyl adjacent to an activating group) is 1. The molecular formula is C19H22ClN3O4. The lowest BCUT2D eigenvalue weighted by molar-refractivity contribution is -0.116. The predicted molar refractivity (Wildman–Crippen MR) is 104 cm³/mol. The average Bonchev–Trinajstić information content (AvgIpc) is 2.64. The molecular weight excluding hydrogens is 370 g/mol. The van der Waals surface area contributed by atoms with E-state index in [-0.39, 0.29) is 18.4 Å². The van der Waals surface area contributed by atoms with Crippen molar-refractivity contribution in [3.63, 3.8) is 0 Å². The number of nitrogens with one attached hydrogen (secondary N) is 1. The Kier molecular flexibility index (Phi) is 7.43. The van der Waals surface area contributed by atoms with Gasteiger partial charge in [-0.15, -0.1) is 0 Å². The highest BCUT2D eigenvalue weighted by molar-refractivity contribution is 6.29. The van der Waals surface area contributed by atoms with Crippen LogP contribution in [-0.4, -0.2) is 48.5 Å². The van der Waals surface area contributed by atoms with Gasteiger partial charge in [-0.1, -0.05) is 11.6 Å². The molecule has 144 valence electrons. The monoisotopic (exact) mass is 391 g/mol. The summed E-state index contributed by atoms with van der Waals surface area (Å²) in [7, 11) is 1.54. The number of ether oxygens (including phenoxy) is 2. The van der Waals surface area contributed by atoms with Gasteiger partial charge >= 0.3 is 0 Å². The molecule has 0 aliphatic rings. The molecule has 0 bridgehead atoms. The lowest BCUT2D eigenvalue weighted by Crippen LogP contribution is -2.35. The van der Waals surface area contributed by atoms with Crippen molar-refractivity contribution in [2.45, 2.75) is 13.8 Å². The number of hydrogen-bond donors (Lipinski definition) is 1. The first-order valence-electron chi connectivity index (χ1n) is 8.51. The molecule has 0 spiro atoms. The van der Waals surface area contributed by atoms with Crippen molar-refractivity contribution in [2.75, 3.05) is 32.1 Å². The molecule has 0 unspecified atom stereocenters. The lowest BCUT2D eigenvalue weighted by atomic mass is 10.2. The minimum absolute atomic E-state index is 0.112.